The Morgan fingerprint density at radius 3 is 2.29 bits per heavy atom. The van der Waals surface area contributed by atoms with Crippen LogP contribution >= 0.6 is 12.4 Å². The van der Waals surface area contributed by atoms with Gasteiger partial charge in [-0.3, -0.25) is 4.90 Å². The van der Waals surface area contributed by atoms with E-state index in [1.165, 1.54) is 0 Å². The van der Waals surface area contributed by atoms with E-state index in [1.54, 1.807) is 0 Å². The number of hydrogen-bond donors (Lipinski definition) is 1. The molecule has 2 N–H and O–H groups in total. The lowest BCUT2D eigenvalue weighted by Crippen LogP contribution is -2.24. The minimum absolute atomic E-state index is 0. The average molecular weight is 311 g/mol. The summed E-state index contributed by atoms with van der Waals surface area (Å²) in [7, 11) is 4.04. The fourth-order valence-electron chi connectivity index (χ4n) is 2.36. The van der Waals surface area contributed by atoms with Gasteiger partial charge in [-0.2, -0.15) is 4.98 Å². The van der Waals surface area contributed by atoms with Gasteiger partial charge in [-0.1, -0.05) is 43.3 Å². The van der Waals surface area contributed by atoms with Gasteiger partial charge in [-0.05, 0) is 25.6 Å². The molecule has 0 aliphatic heterocycles. The second-order valence-electron chi connectivity index (χ2n) is 5.51. The number of nitrogens with two attached hydrogens (primary N) is 1. The Hall–Kier alpha value is -1.43. The number of rotatable bonds is 5. The summed E-state index contributed by atoms with van der Waals surface area (Å²) in [5, 5.41) is 4.08. The Morgan fingerprint density at radius 2 is 1.81 bits per heavy atom. The standard InChI is InChI=1S/C15H22N4O.ClH/c1-10(2)13(19(3)4)15-17-14(18-20-15)12-7-5-11(9-16)6-8-12;/h5-8,10,13H,9,16H2,1-4H3;1H/t13-;/m0./s1. The Labute approximate surface area is 131 Å². The lowest BCUT2D eigenvalue weighted by Gasteiger charge is -2.23. The third-order valence-corrected chi connectivity index (χ3v) is 3.33. The van der Waals surface area contributed by atoms with Gasteiger partial charge >= 0.3 is 0 Å². The van der Waals surface area contributed by atoms with Crippen molar-refractivity contribution in [1.29, 1.82) is 0 Å². The molecule has 1 atom stereocenters. The van der Waals surface area contributed by atoms with Gasteiger partial charge in [0, 0.05) is 12.1 Å². The van der Waals surface area contributed by atoms with Crippen molar-refractivity contribution in [3.05, 3.63) is 35.7 Å². The normalized spacial score (nSPS) is 12.5. The van der Waals surface area contributed by atoms with Crippen LogP contribution in [0.25, 0.3) is 11.4 Å². The number of nitrogens with zero attached hydrogens (tertiary/aromatic N) is 3. The number of benzene rings is 1. The van der Waals surface area contributed by atoms with Gasteiger partial charge < -0.3 is 10.3 Å². The molecule has 6 heteroatoms. The van der Waals surface area contributed by atoms with E-state index in [2.05, 4.69) is 28.9 Å². The third kappa shape index (κ3) is 4.03. The molecule has 0 unspecified atom stereocenters. The van der Waals surface area contributed by atoms with E-state index in [-0.39, 0.29) is 18.4 Å². The van der Waals surface area contributed by atoms with Crippen LogP contribution < -0.4 is 5.73 Å². The van der Waals surface area contributed by atoms with E-state index in [0.29, 0.717) is 24.2 Å². The largest absolute Gasteiger partial charge is 0.337 e. The van der Waals surface area contributed by atoms with Crippen LogP contribution in [0, 0.1) is 5.92 Å². The van der Waals surface area contributed by atoms with Crippen molar-refractivity contribution in [3.8, 4) is 11.4 Å². The first-order chi connectivity index (χ1) is 9.52. The molecule has 1 heterocycles. The van der Waals surface area contributed by atoms with E-state index in [0.717, 1.165) is 11.1 Å². The maximum absolute atomic E-state index is 5.59. The van der Waals surface area contributed by atoms with Gasteiger partial charge in [-0.25, -0.2) is 0 Å². The van der Waals surface area contributed by atoms with Crippen LogP contribution in [0.5, 0.6) is 0 Å². The molecule has 2 aromatic rings. The highest BCUT2D eigenvalue weighted by molar-refractivity contribution is 5.85. The van der Waals surface area contributed by atoms with E-state index < -0.39 is 0 Å². The fraction of sp³-hybridized carbons (Fsp3) is 0.467. The minimum Gasteiger partial charge on any atom is -0.337 e. The molecule has 0 saturated carbocycles. The van der Waals surface area contributed by atoms with E-state index >= 15 is 0 Å². The summed E-state index contributed by atoms with van der Waals surface area (Å²) in [4.78, 5) is 6.62. The van der Waals surface area contributed by atoms with Crippen LogP contribution in [-0.2, 0) is 6.54 Å². The summed E-state index contributed by atoms with van der Waals surface area (Å²) in [6.45, 7) is 4.82. The van der Waals surface area contributed by atoms with Gasteiger partial charge in [0.05, 0.1) is 6.04 Å². The van der Waals surface area contributed by atoms with Gasteiger partial charge in [0.25, 0.3) is 0 Å². The summed E-state index contributed by atoms with van der Waals surface area (Å²) < 4.78 is 5.43. The third-order valence-electron chi connectivity index (χ3n) is 3.33. The maximum atomic E-state index is 5.59. The lowest BCUT2D eigenvalue weighted by atomic mass is 10.0. The molecular formula is C15H23ClN4O. The molecule has 116 valence electrons. The predicted molar refractivity (Wildman–Crippen MR) is 86.1 cm³/mol. The zero-order chi connectivity index (χ0) is 14.7. The SMILES string of the molecule is CC(C)[C@@H](c1nc(-c2ccc(CN)cc2)no1)N(C)C.Cl. The first-order valence-corrected chi connectivity index (χ1v) is 6.82. The van der Waals surface area contributed by atoms with Crippen LogP contribution in [0.2, 0.25) is 0 Å². The molecule has 5 nitrogen and oxygen atoms in total. The second-order valence-corrected chi connectivity index (χ2v) is 5.51. The van der Waals surface area contributed by atoms with E-state index in [9.17, 15) is 0 Å². The summed E-state index contributed by atoms with van der Waals surface area (Å²) in [6.07, 6.45) is 0. The van der Waals surface area contributed by atoms with Crippen LogP contribution in [0.15, 0.2) is 28.8 Å². The highest BCUT2D eigenvalue weighted by Gasteiger charge is 2.24. The summed E-state index contributed by atoms with van der Waals surface area (Å²) in [5.41, 5.74) is 7.63. The second kappa shape index (κ2) is 7.54. The minimum atomic E-state index is 0. The number of hydrogen-bond acceptors (Lipinski definition) is 5. The Balaban J connectivity index is 0.00000220. The van der Waals surface area contributed by atoms with Crippen molar-refractivity contribution in [2.45, 2.75) is 26.4 Å². The van der Waals surface area contributed by atoms with Gasteiger partial charge in [0.15, 0.2) is 0 Å². The fourth-order valence-corrected chi connectivity index (χ4v) is 2.36. The smallest absolute Gasteiger partial charge is 0.244 e. The molecule has 2 rings (SSSR count). The topological polar surface area (TPSA) is 68.2 Å². The number of aromatic nitrogens is 2. The summed E-state index contributed by atoms with van der Waals surface area (Å²) in [6, 6.07) is 8.03. The molecule has 0 amide bonds. The van der Waals surface area contributed by atoms with Crippen molar-refractivity contribution in [2.24, 2.45) is 11.7 Å². The van der Waals surface area contributed by atoms with Crippen molar-refractivity contribution < 1.29 is 4.52 Å². The summed E-state index contributed by atoms with van der Waals surface area (Å²) >= 11 is 0. The molecule has 1 aromatic heterocycles. The van der Waals surface area contributed by atoms with Crippen LogP contribution in [-0.4, -0.2) is 29.1 Å². The maximum Gasteiger partial charge on any atom is 0.244 e. The lowest BCUT2D eigenvalue weighted by molar-refractivity contribution is 0.181. The quantitative estimate of drug-likeness (QED) is 0.919. The Bertz CT molecular complexity index is 543. The van der Waals surface area contributed by atoms with Crippen molar-refractivity contribution >= 4 is 12.4 Å². The zero-order valence-electron chi connectivity index (χ0n) is 12.9. The highest BCUT2D eigenvalue weighted by Crippen LogP contribution is 2.27. The molecule has 0 fully saturated rings. The molecule has 0 saturated heterocycles. The molecule has 21 heavy (non-hydrogen) atoms. The van der Waals surface area contributed by atoms with Crippen molar-refractivity contribution in [1.82, 2.24) is 15.0 Å². The van der Waals surface area contributed by atoms with Crippen LogP contribution in [0.1, 0.15) is 31.3 Å². The molecule has 0 radical (unpaired) electrons. The van der Waals surface area contributed by atoms with Crippen molar-refractivity contribution in [2.75, 3.05) is 14.1 Å². The molecule has 1 aromatic carbocycles. The number of halogens is 1. The Kier molecular flexibility index (Phi) is 6.33. The van der Waals surface area contributed by atoms with Gasteiger partial charge in [-0.15, -0.1) is 12.4 Å². The molecule has 0 bridgehead atoms. The van der Waals surface area contributed by atoms with Gasteiger partial charge in [0.2, 0.25) is 11.7 Å². The highest BCUT2D eigenvalue weighted by atomic mass is 35.5. The van der Waals surface area contributed by atoms with E-state index in [1.807, 2.05) is 38.4 Å². The van der Waals surface area contributed by atoms with Gasteiger partial charge in [0.1, 0.15) is 0 Å². The monoisotopic (exact) mass is 310 g/mol. The van der Waals surface area contributed by atoms with E-state index in [4.69, 9.17) is 10.3 Å². The predicted octanol–water partition coefficient (Wildman–Crippen LogP) is 2.88. The molecule has 0 spiro atoms. The zero-order valence-corrected chi connectivity index (χ0v) is 13.7. The molecule has 0 aliphatic rings. The first-order valence-electron chi connectivity index (χ1n) is 6.82. The first kappa shape index (κ1) is 17.6. The summed E-state index contributed by atoms with van der Waals surface area (Å²) in [5.74, 6) is 1.68. The van der Waals surface area contributed by atoms with Crippen LogP contribution in [0.4, 0.5) is 0 Å². The Morgan fingerprint density at radius 1 is 1.19 bits per heavy atom. The molecule has 0 aliphatic carbocycles. The van der Waals surface area contributed by atoms with Crippen molar-refractivity contribution in [3.63, 3.8) is 0 Å². The van der Waals surface area contributed by atoms with Crippen LogP contribution in [0.3, 0.4) is 0 Å². The average Bonchev–Trinajstić information content (AvgIpc) is 2.87. The molecular weight excluding hydrogens is 288 g/mol.